The number of urea groups is 1. The van der Waals surface area contributed by atoms with E-state index in [0.717, 1.165) is 24.6 Å². The fourth-order valence-electron chi connectivity index (χ4n) is 3.26. The number of carbonyl (C=O) groups is 2. The molecule has 0 bridgehead atoms. The van der Waals surface area contributed by atoms with E-state index in [-0.39, 0.29) is 11.6 Å². The quantitative estimate of drug-likeness (QED) is 0.405. The average Bonchev–Trinajstić information content (AvgIpc) is 3.62. The summed E-state index contributed by atoms with van der Waals surface area (Å²) in [7, 11) is 3.04. The van der Waals surface area contributed by atoms with E-state index in [2.05, 4.69) is 15.6 Å². The van der Waals surface area contributed by atoms with E-state index in [9.17, 15) is 14.4 Å². The minimum Gasteiger partial charge on any atom is -0.493 e. The monoisotopic (exact) mass is 468 g/mol. The van der Waals surface area contributed by atoms with Crippen LogP contribution in [0.3, 0.4) is 0 Å². The lowest BCUT2D eigenvalue weighted by Crippen LogP contribution is -2.43. The van der Waals surface area contributed by atoms with Crippen molar-refractivity contribution < 1.29 is 19.1 Å². The highest BCUT2D eigenvalue weighted by atomic mass is 32.2. The maximum atomic E-state index is 13.4. The Morgan fingerprint density at radius 2 is 1.85 bits per heavy atom. The molecule has 3 aromatic rings. The fraction of sp³-hybridized carbons (Fsp3) is 0.304. The van der Waals surface area contributed by atoms with Crippen molar-refractivity contribution in [1.29, 1.82) is 0 Å². The summed E-state index contributed by atoms with van der Waals surface area (Å²) in [6.45, 7) is 1.66. The van der Waals surface area contributed by atoms with Crippen molar-refractivity contribution >= 4 is 34.6 Å². The van der Waals surface area contributed by atoms with Gasteiger partial charge in [-0.05, 0) is 44.0 Å². The number of rotatable bonds is 7. The van der Waals surface area contributed by atoms with Crippen molar-refractivity contribution in [1.82, 2.24) is 20.2 Å². The Balaban J connectivity index is 1.71. The Hall–Kier alpha value is -3.53. The minimum absolute atomic E-state index is 0.137. The predicted molar refractivity (Wildman–Crippen MR) is 125 cm³/mol. The molecule has 1 aliphatic carbocycles. The molecule has 2 aromatic carbocycles. The Labute approximate surface area is 194 Å². The Morgan fingerprint density at radius 1 is 1.12 bits per heavy atom. The summed E-state index contributed by atoms with van der Waals surface area (Å²) >= 11 is 1.09. The van der Waals surface area contributed by atoms with E-state index in [0.29, 0.717) is 33.2 Å². The number of imide groups is 1. The van der Waals surface area contributed by atoms with E-state index in [4.69, 9.17) is 9.47 Å². The standard InChI is InChI=1S/C23H24N4O5S/c1-13(20(28)26-22(30)24-14-8-9-14)33-23-25-17-7-5-4-6-16(17)21(29)27(23)15-10-11-18(31-2)19(12-15)32-3/h4-7,10-14H,8-9H2,1-3H3,(H2,24,26,28,30). The van der Waals surface area contributed by atoms with Crippen molar-refractivity contribution in [2.45, 2.75) is 36.2 Å². The van der Waals surface area contributed by atoms with Crippen molar-refractivity contribution in [3.63, 3.8) is 0 Å². The molecule has 10 heteroatoms. The largest absolute Gasteiger partial charge is 0.493 e. The van der Waals surface area contributed by atoms with Gasteiger partial charge in [0.2, 0.25) is 5.91 Å². The van der Waals surface area contributed by atoms with Crippen LogP contribution in [0.15, 0.2) is 52.4 Å². The molecule has 4 rings (SSSR count). The maximum absolute atomic E-state index is 13.4. The molecule has 9 nitrogen and oxygen atoms in total. The number of nitrogens with one attached hydrogen (secondary N) is 2. The van der Waals surface area contributed by atoms with Crippen molar-refractivity contribution in [3.8, 4) is 17.2 Å². The van der Waals surface area contributed by atoms with Crippen molar-refractivity contribution in [2.24, 2.45) is 0 Å². The maximum Gasteiger partial charge on any atom is 0.321 e. The number of para-hydroxylation sites is 1. The molecule has 1 fully saturated rings. The van der Waals surface area contributed by atoms with Gasteiger partial charge >= 0.3 is 6.03 Å². The zero-order valence-corrected chi connectivity index (χ0v) is 19.3. The number of carbonyl (C=O) groups excluding carboxylic acids is 2. The van der Waals surface area contributed by atoms with Gasteiger partial charge in [-0.2, -0.15) is 0 Å². The number of amides is 3. The Bertz CT molecular complexity index is 1270. The normalized spacial score (nSPS) is 13.9. The molecule has 172 valence electrons. The van der Waals surface area contributed by atoms with Crippen molar-refractivity contribution in [3.05, 3.63) is 52.8 Å². The Morgan fingerprint density at radius 3 is 2.55 bits per heavy atom. The van der Waals surface area contributed by atoms with Gasteiger partial charge in [-0.15, -0.1) is 0 Å². The van der Waals surface area contributed by atoms with Gasteiger partial charge in [-0.25, -0.2) is 9.78 Å². The molecule has 0 aliphatic heterocycles. The highest BCUT2D eigenvalue weighted by molar-refractivity contribution is 8.00. The van der Waals surface area contributed by atoms with Crippen LogP contribution in [0, 0.1) is 0 Å². The predicted octanol–water partition coefficient (Wildman–Crippen LogP) is 2.87. The van der Waals surface area contributed by atoms with Crippen LogP contribution in [0.25, 0.3) is 16.6 Å². The third kappa shape index (κ3) is 4.95. The van der Waals surface area contributed by atoms with Gasteiger partial charge < -0.3 is 14.8 Å². The van der Waals surface area contributed by atoms with Gasteiger partial charge in [-0.3, -0.25) is 19.5 Å². The third-order valence-electron chi connectivity index (χ3n) is 5.17. The van der Waals surface area contributed by atoms with Crippen LogP contribution >= 0.6 is 11.8 Å². The van der Waals surface area contributed by atoms with Crippen LogP contribution < -0.4 is 25.7 Å². The number of hydrogen-bond acceptors (Lipinski definition) is 7. The zero-order valence-electron chi connectivity index (χ0n) is 18.5. The summed E-state index contributed by atoms with van der Waals surface area (Å²) < 4.78 is 12.1. The van der Waals surface area contributed by atoms with E-state index < -0.39 is 17.2 Å². The summed E-state index contributed by atoms with van der Waals surface area (Å²) in [5.74, 6) is 0.500. The van der Waals surface area contributed by atoms with Gasteiger partial charge in [0, 0.05) is 12.1 Å². The zero-order chi connectivity index (χ0) is 23.5. The number of benzene rings is 2. The van der Waals surface area contributed by atoms with Crippen LogP contribution in [-0.2, 0) is 4.79 Å². The number of thioether (sulfide) groups is 1. The lowest BCUT2D eigenvalue weighted by atomic mass is 10.2. The molecule has 33 heavy (non-hydrogen) atoms. The van der Waals surface area contributed by atoms with Gasteiger partial charge in [0.15, 0.2) is 16.7 Å². The number of methoxy groups -OCH3 is 2. The highest BCUT2D eigenvalue weighted by Gasteiger charge is 2.26. The second-order valence-corrected chi connectivity index (χ2v) is 8.90. The number of nitrogens with zero attached hydrogens (tertiary/aromatic N) is 2. The molecule has 0 radical (unpaired) electrons. The molecule has 2 N–H and O–H groups in total. The van der Waals surface area contributed by atoms with Gasteiger partial charge in [0.1, 0.15) is 0 Å². The number of fused-ring (bicyclic) bond motifs is 1. The van der Waals surface area contributed by atoms with Gasteiger partial charge in [0.25, 0.3) is 5.56 Å². The average molecular weight is 469 g/mol. The molecule has 1 atom stereocenters. The van der Waals surface area contributed by atoms with Gasteiger partial charge in [-0.1, -0.05) is 23.9 Å². The lowest BCUT2D eigenvalue weighted by Gasteiger charge is -2.17. The topological polar surface area (TPSA) is 112 Å². The van der Waals surface area contributed by atoms with Crippen LogP contribution in [0.2, 0.25) is 0 Å². The van der Waals surface area contributed by atoms with E-state index in [1.54, 1.807) is 49.4 Å². The molecule has 1 aromatic heterocycles. The van der Waals surface area contributed by atoms with Crippen LogP contribution in [0.1, 0.15) is 19.8 Å². The molecule has 1 heterocycles. The summed E-state index contributed by atoms with van der Waals surface area (Å²) in [5, 5.41) is 5.15. The molecular weight excluding hydrogens is 444 g/mol. The summed E-state index contributed by atoms with van der Waals surface area (Å²) in [6, 6.07) is 11.7. The minimum atomic E-state index is -0.686. The van der Waals surface area contributed by atoms with Gasteiger partial charge in [0.05, 0.1) is 36.1 Å². The van der Waals surface area contributed by atoms with Crippen LogP contribution in [-0.4, -0.2) is 47.0 Å². The smallest absolute Gasteiger partial charge is 0.321 e. The summed E-state index contributed by atoms with van der Waals surface area (Å²) in [6.07, 6.45) is 1.84. The van der Waals surface area contributed by atoms with Crippen molar-refractivity contribution in [2.75, 3.05) is 14.2 Å². The molecule has 1 aliphatic rings. The first-order chi connectivity index (χ1) is 15.9. The number of hydrogen-bond donors (Lipinski definition) is 2. The molecule has 0 saturated heterocycles. The molecule has 1 unspecified atom stereocenters. The SMILES string of the molecule is COc1ccc(-n2c(SC(C)C(=O)NC(=O)NC3CC3)nc3ccccc3c2=O)cc1OC. The van der Waals surface area contributed by atoms with Crippen LogP contribution in [0.5, 0.6) is 11.5 Å². The number of ether oxygens (including phenoxy) is 2. The molecule has 0 spiro atoms. The first kappa shape index (κ1) is 22.7. The molecule has 3 amide bonds. The van der Waals surface area contributed by atoms with E-state index in [1.165, 1.54) is 18.8 Å². The van der Waals surface area contributed by atoms with Crippen LogP contribution in [0.4, 0.5) is 4.79 Å². The Kier molecular flexibility index (Phi) is 6.55. The summed E-state index contributed by atoms with van der Waals surface area (Å²) in [5.41, 5.74) is 0.743. The van der Waals surface area contributed by atoms with E-state index >= 15 is 0 Å². The van der Waals surface area contributed by atoms with E-state index in [1.807, 2.05) is 0 Å². The second kappa shape index (κ2) is 9.53. The fourth-order valence-corrected chi connectivity index (χ4v) is 4.18. The summed E-state index contributed by atoms with van der Waals surface area (Å²) in [4.78, 5) is 42.6. The number of aromatic nitrogens is 2. The molecular formula is C23H24N4O5S. The highest BCUT2D eigenvalue weighted by Crippen LogP contribution is 2.31. The lowest BCUT2D eigenvalue weighted by molar-refractivity contribution is -0.119. The third-order valence-corrected chi connectivity index (χ3v) is 6.22. The second-order valence-electron chi connectivity index (χ2n) is 7.59. The first-order valence-electron chi connectivity index (χ1n) is 10.4. The first-order valence-corrected chi connectivity index (χ1v) is 11.3. The molecule has 1 saturated carbocycles.